The van der Waals surface area contributed by atoms with E-state index in [1.165, 1.54) is 6.20 Å². The Bertz CT molecular complexity index is 621. The standard InChI is InChI=1S/C18H22F2N2O2/c19-15(20)12-24-16-14(6-4-10-21-16)17(23)22-11-5-9-18(13-22)7-2-1-3-8-18/h1-2,4,6,10,15H,3,5,7-9,11-13H2. The van der Waals surface area contributed by atoms with Crippen molar-refractivity contribution in [2.24, 2.45) is 5.41 Å². The highest BCUT2D eigenvalue weighted by Crippen LogP contribution is 2.41. The van der Waals surface area contributed by atoms with Crippen molar-refractivity contribution in [2.75, 3.05) is 19.7 Å². The molecule has 0 N–H and O–H groups in total. The predicted molar refractivity (Wildman–Crippen MR) is 86.3 cm³/mol. The van der Waals surface area contributed by atoms with Crippen LogP contribution in [0, 0.1) is 5.41 Å². The van der Waals surface area contributed by atoms with Gasteiger partial charge in [-0.3, -0.25) is 4.79 Å². The van der Waals surface area contributed by atoms with E-state index in [2.05, 4.69) is 17.1 Å². The molecule has 4 nitrogen and oxygen atoms in total. The lowest BCUT2D eigenvalue weighted by molar-refractivity contribution is 0.0469. The maximum absolute atomic E-state index is 12.9. The molecule has 0 aromatic carbocycles. The number of ether oxygens (including phenoxy) is 1. The van der Waals surface area contributed by atoms with E-state index in [4.69, 9.17) is 4.74 Å². The van der Waals surface area contributed by atoms with E-state index in [9.17, 15) is 13.6 Å². The fourth-order valence-electron chi connectivity index (χ4n) is 3.68. The van der Waals surface area contributed by atoms with E-state index in [0.717, 1.165) is 32.1 Å². The zero-order valence-electron chi connectivity index (χ0n) is 13.6. The van der Waals surface area contributed by atoms with Crippen molar-refractivity contribution in [3.8, 4) is 5.88 Å². The number of allylic oxidation sites excluding steroid dienone is 2. The van der Waals surface area contributed by atoms with E-state index in [1.807, 2.05) is 4.90 Å². The van der Waals surface area contributed by atoms with Gasteiger partial charge in [-0.1, -0.05) is 12.2 Å². The SMILES string of the molecule is O=C(c1cccnc1OCC(F)F)N1CCCC2(CC=CCC2)C1. The van der Waals surface area contributed by atoms with Crippen LogP contribution in [0.15, 0.2) is 30.5 Å². The third-order valence-corrected chi connectivity index (χ3v) is 4.86. The molecule has 0 bridgehead atoms. The minimum Gasteiger partial charge on any atom is -0.471 e. The lowest BCUT2D eigenvalue weighted by Gasteiger charge is -2.44. The number of alkyl halides is 2. The lowest BCUT2D eigenvalue weighted by Crippen LogP contribution is -2.46. The Hall–Kier alpha value is -1.98. The topological polar surface area (TPSA) is 42.4 Å². The first-order valence-electron chi connectivity index (χ1n) is 8.40. The molecule has 1 unspecified atom stereocenters. The number of amides is 1. The van der Waals surface area contributed by atoms with Gasteiger partial charge in [-0.15, -0.1) is 0 Å². The Labute approximate surface area is 140 Å². The molecule has 3 rings (SSSR count). The molecule has 1 aromatic rings. The van der Waals surface area contributed by atoms with Gasteiger partial charge in [0.15, 0.2) is 6.61 Å². The number of aromatic nitrogens is 1. The number of carbonyl (C=O) groups excluding carboxylic acids is 1. The van der Waals surface area contributed by atoms with Gasteiger partial charge in [0.05, 0.1) is 0 Å². The smallest absolute Gasteiger partial charge is 0.272 e. The Morgan fingerprint density at radius 3 is 3.00 bits per heavy atom. The van der Waals surface area contributed by atoms with Gasteiger partial charge in [0.1, 0.15) is 5.56 Å². The van der Waals surface area contributed by atoms with Gasteiger partial charge in [-0.2, -0.15) is 0 Å². The van der Waals surface area contributed by atoms with Crippen molar-refractivity contribution in [2.45, 2.75) is 38.5 Å². The minimum atomic E-state index is -2.60. The quantitative estimate of drug-likeness (QED) is 0.788. The summed E-state index contributed by atoms with van der Waals surface area (Å²) in [7, 11) is 0. The number of rotatable bonds is 4. The number of pyridine rings is 1. The molecule has 1 fully saturated rings. The second-order valence-electron chi connectivity index (χ2n) is 6.60. The number of hydrogen-bond acceptors (Lipinski definition) is 3. The summed E-state index contributed by atoms with van der Waals surface area (Å²) in [4.78, 5) is 18.7. The van der Waals surface area contributed by atoms with Gasteiger partial charge < -0.3 is 9.64 Å². The molecule has 1 saturated heterocycles. The first-order chi connectivity index (χ1) is 11.6. The first kappa shape index (κ1) is 16.9. The summed E-state index contributed by atoms with van der Waals surface area (Å²) < 4.78 is 29.8. The molecule has 1 aliphatic carbocycles. The Kier molecular flexibility index (Phi) is 5.11. The number of carbonyl (C=O) groups is 1. The highest BCUT2D eigenvalue weighted by atomic mass is 19.3. The lowest BCUT2D eigenvalue weighted by atomic mass is 9.71. The van der Waals surface area contributed by atoms with Gasteiger partial charge in [-0.25, -0.2) is 13.8 Å². The van der Waals surface area contributed by atoms with E-state index in [0.29, 0.717) is 13.1 Å². The Morgan fingerprint density at radius 1 is 1.38 bits per heavy atom. The van der Waals surface area contributed by atoms with E-state index in [1.54, 1.807) is 12.1 Å². The summed E-state index contributed by atoms with van der Waals surface area (Å²) in [6, 6.07) is 3.23. The largest absolute Gasteiger partial charge is 0.471 e. The normalized spacial score (nSPS) is 23.7. The average Bonchev–Trinajstić information content (AvgIpc) is 2.60. The van der Waals surface area contributed by atoms with Crippen LogP contribution in [0.3, 0.4) is 0 Å². The summed E-state index contributed by atoms with van der Waals surface area (Å²) in [5.74, 6) is -0.188. The number of hydrogen-bond donors (Lipinski definition) is 0. The third-order valence-electron chi connectivity index (χ3n) is 4.86. The van der Waals surface area contributed by atoms with Crippen LogP contribution in [0.4, 0.5) is 8.78 Å². The van der Waals surface area contributed by atoms with Crippen LogP contribution in [-0.2, 0) is 0 Å². The van der Waals surface area contributed by atoms with Gasteiger partial charge in [0.2, 0.25) is 5.88 Å². The fraction of sp³-hybridized carbons (Fsp3) is 0.556. The highest BCUT2D eigenvalue weighted by molar-refractivity contribution is 5.96. The molecule has 2 heterocycles. The zero-order valence-corrected chi connectivity index (χ0v) is 13.6. The number of nitrogens with zero attached hydrogens (tertiary/aromatic N) is 2. The van der Waals surface area contributed by atoms with Crippen LogP contribution < -0.4 is 4.74 Å². The second kappa shape index (κ2) is 7.28. The summed E-state index contributed by atoms with van der Waals surface area (Å²) >= 11 is 0. The van der Waals surface area contributed by atoms with Crippen molar-refractivity contribution in [1.82, 2.24) is 9.88 Å². The van der Waals surface area contributed by atoms with Crippen molar-refractivity contribution in [3.63, 3.8) is 0 Å². The molecule has 2 aliphatic rings. The predicted octanol–water partition coefficient (Wildman–Crippen LogP) is 3.69. The van der Waals surface area contributed by atoms with Gasteiger partial charge in [0.25, 0.3) is 12.3 Å². The molecule has 1 atom stereocenters. The molecule has 24 heavy (non-hydrogen) atoms. The molecule has 1 spiro atoms. The van der Waals surface area contributed by atoms with E-state index >= 15 is 0 Å². The molecular weight excluding hydrogens is 314 g/mol. The molecule has 1 aliphatic heterocycles. The van der Waals surface area contributed by atoms with Gasteiger partial charge in [0, 0.05) is 19.3 Å². The van der Waals surface area contributed by atoms with Crippen molar-refractivity contribution < 1.29 is 18.3 Å². The summed E-state index contributed by atoms with van der Waals surface area (Å²) in [6.07, 6.45) is 8.49. The zero-order chi connectivity index (χ0) is 17.0. The molecule has 0 saturated carbocycles. The molecule has 0 radical (unpaired) electrons. The summed E-state index contributed by atoms with van der Waals surface area (Å²) in [5.41, 5.74) is 0.427. The third kappa shape index (κ3) is 3.74. The van der Waals surface area contributed by atoms with Crippen LogP contribution in [0.25, 0.3) is 0 Å². The molecule has 1 aromatic heterocycles. The second-order valence-corrected chi connectivity index (χ2v) is 6.60. The Morgan fingerprint density at radius 2 is 2.25 bits per heavy atom. The maximum atomic E-state index is 12.9. The van der Waals surface area contributed by atoms with Crippen LogP contribution in [0.2, 0.25) is 0 Å². The van der Waals surface area contributed by atoms with Crippen molar-refractivity contribution in [1.29, 1.82) is 0 Å². The number of piperidine rings is 1. The van der Waals surface area contributed by atoms with Crippen molar-refractivity contribution in [3.05, 3.63) is 36.0 Å². The van der Waals surface area contributed by atoms with Crippen LogP contribution in [0.1, 0.15) is 42.5 Å². The van der Waals surface area contributed by atoms with Crippen LogP contribution in [0.5, 0.6) is 5.88 Å². The summed E-state index contributed by atoms with van der Waals surface area (Å²) in [6.45, 7) is 0.638. The Balaban J connectivity index is 1.75. The molecule has 1 amide bonds. The van der Waals surface area contributed by atoms with E-state index in [-0.39, 0.29) is 22.8 Å². The molecule has 6 heteroatoms. The van der Waals surface area contributed by atoms with Crippen LogP contribution >= 0.6 is 0 Å². The fourth-order valence-corrected chi connectivity index (χ4v) is 3.68. The number of halogens is 2. The molecular formula is C18H22F2N2O2. The summed E-state index contributed by atoms with van der Waals surface area (Å²) in [5, 5.41) is 0. The average molecular weight is 336 g/mol. The highest BCUT2D eigenvalue weighted by Gasteiger charge is 2.37. The maximum Gasteiger partial charge on any atom is 0.272 e. The number of likely N-dealkylation sites (tertiary alicyclic amines) is 1. The minimum absolute atomic E-state index is 0.00837. The van der Waals surface area contributed by atoms with E-state index < -0.39 is 13.0 Å². The van der Waals surface area contributed by atoms with Crippen LogP contribution in [-0.4, -0.2) is 41.9 Å². The molecule has 130 valence electrons. The first-order valence-corrected chi connectivity index (χ1v) is 8.40. The van der Waals surface area contributed by atoms with Gasteiger partial charge in [-0.05, 0) is 49.7 Å². The van der Waals surface area contributed by atoms with Crippen molar-refractivity contribution >= 4 is 5.91 Å². The van der Waals surface area contributed by atoms with Gasteiger partial charge >= 0.3 is 0 Å². The monoisotopic (exact) mass is 336 g/mol.